The second kappa shape index (κ2) is 23.2. The predicted molar refractivity (Wildman–Crippen MR) is 259 cm³/mol. The third kappa shape index (κ3) is 15.7. The van der Waals surface area contributed by atoms with Crippen LogP contribution in [0.2, 0.25) is 0 Å². The number of rotatable bonds is 8. The van der Waals surface area contributed by atoms with Crippen LogP contribution in [0.3, 0.4) is 0 Å². The van der Waals surface area contributed by atoms with Crippen molar-refractivity contribution in [1.29, 1.82) is 0 Å². The fourth-order valence-electron chi connectivity index (χ4n) is 6.86. The van der Waals surface area contributed by atoms with Gasteiger partial charge in [-0.3, -0.25) is 0 Å². The van der Waals surface area contributed by atoms with Crippen molar-refractivity contribution in [1.82, 2.24) is 9.80 Å². The van der Waals surface area contributed by atoms with Gasteiger partial charge in [0.05, 0.1) is 36.5 Å². The zero-order valence-corrected chi connectivity index (χ0v) is 43.5. The van der Waals surface area contributed by atoms with Gasteiger partial charge in [0.15, 0.2) is 0 Å². The van der Waals surface area contributed by atoms with Crippen molar-refractivity contribution in [2.45, 2.75) is 144 Å². The van der Waals surface area contributed by atoms with E-state index in [2.05, 4.69) is 17.3 Å². The molecule has 2 amide bonds. The van der Waals surface area contributed by atoms with E-state index in [0.717, 1.165) is 39.2 Å². The quantitative estimate of drug-likeness (QED) is 0.0611. The number of methoxy groups -OCH3 is 2. The molecule has 0 saturated carbocycles. The number of esters is 2. The van der Waals surface area contributed by atoms with Gasteiger partial charge < -0.3 is 42.2 Å². The second-order valence-corrected chi connectivity index (χ2v) is 22.6. The lowest BCUT2D eigenvalue weighted by Gasteiger charge is -2.34. The topological polar surface area (TPSA) is 174 Å². The van der Waals surface area contributed by atoms with E-state index in [1.165, 1.54) is 41.8 Å². The first-order valence-corrected chi connectivity index (χ1v) is 24.8. The van der Waals surface area contributed by atoms with Gasteiger partial charge in [0.25, 0.3) is 0 Å². The summed E-state index contributed by atoms with van der Waals surface area (Å²) in [5.41, 5.74) is -3.34. The van der Waals surface area contributed by atoms with Crippen molar-refractivity contribution < 1.29 is 73.2 Å². The van der Waals surface area contributed by atoms with E-state index < -0.39 is 51.7 Å². The molecule has 384 valence electrons. The van der Waals surface area contributed by atoms with Crippen molar-refractivity contribution in [3.05, 3.63) is 56.8 Å². The van der Waals surface area contributed by atoms with Crippen LogP contribution in [0.1, 0.15) is 139 Å². The minimum absolute atomic E-state index is 0. The van der Waals surface area contributed by atoms with Crippen LogP contribution in [0.4, 0.5) is 22.8 Å². The molecule has 0 radical (unpaired) electrons. The summed E-state index contributed by atoms with van der Waals surface area (Å²) >= 11 is 3.00. The van der Waals surface area contributed by atoms with Gasteiger partial charge in [-0.05, 0) is 131 Å². The first-order chi connectivity index (χ1) is 30.6. The molecule has 2 aromatic rings. The SMILES string of the molecule is C.C=C(OS(=O)(=O)C(F)(F)F)C1CCN(C(=O)OC(C)(C)C)CC1.C=C(c1scc(C(=O)OC)c1C)C1CCN(C(=O)OC(C)(C)C)CC1.COC(=O)c1csc(B2OC(C)(C)C(C)(C)O2)c1C. The van der Waals surface area contributed by atoms with Crippen LogP contribution in [-0.4, -0.2) is 118 Å². The molecule has 0 spiro atoms. The van der Waals surface area contributed by atoms with E-state index in [1.807, 2.05) is 67.7 Å². The van der Waals surface area contributed by atoms with Crippen LogP contribution in [0, 0.1) is 25.7 Å². The first-order valence-electron chi connectivity index (χ1n) is 21.6. The van der Waals surface area contributed by atoms with Crippen LogP contribution in [0.25, 0.3) is 5.57 Å². The summed E-state index contributed by atoms with van der Waals surface area (Å²) in [6, 6.07) is 0. The molecule has 68 heavy (non-hydrogen) atoms. The molecule has 3 saturated heterocycles. The van der Waals surface area contributed by atoms with Crippen molar-refractivity contribution in [2.75, 3.05) is 40.4 Å². The predicted octanol–water partition coefficient (Wildman–Crippen LogP) is 10.3. The largest absolute Gasteiger partial charge is 0.534 e. The molecule has 0 unspecified atom stereocenters. The summed E-state index contributed by atoms with van der Waals surface area (Å²) < 4.78 is 95.8. The Kier molecular flexibility index (Phi) is 20.5. The molecule has 0 atom stereocenters. The molecule has 0 bridgehead atoms. The van der Waals surface area contributed by atoms with Gasteiger partial charge in [-0.25, -0.2) is 19.2 Å². The summed E-state index contributed by atoms with van der Waals surface area (Å²) in [6.45, 7) is 31.9. The lowest BCUT2D eigenvalue weighted by atomic mass is 9.84. The number of allylic oxidation sites excluding steroid dienone is 2. The summed E-state index contributed by atoms with van der Waals surface area (Å²) in [4.78, 5) is 51.6. The molecular weight excluding hydrogens is 953 g/mol. The van der Waals surface area contributed by atoms with E-state index in [-0.39, 0.29) is 62.6 Å². The molecule has 0 aliphatic carbocycles. The van der Waals surface area contributed by atoms with Crippen molar-refractivity contribution >= 4 is 74.4 Å². The number of carbonyl (C=O) groups is 4. The normalized spacial score (nSPS) is 17.6. The van der Waals surface area contributed by atoms with Crippen LogP contribution in [-0.2, 0) is 42.6 Å². The average molecular weight is 1020 g/mol. The first kappa shape index (κ1) is 60.0. The smallest absolute Gasteiger partial charge is 0.465 e. The number of piperidine rings is 2. The van der Waals surface area contributed by atoms with Crippen LogP contribution >= 0.6 is 22.7 Å². The Hall–Kier alpha value is -4.12. The van der Waals surface area contributed by atoms with Crippen molar-refractivity contribution in [3.63, 3.8) is 0 Å². The van der Waals surface area contributed by atoms with Gasteiger partial charge in [0.1, 0.15) is 17.0 Å². The Morgan fingerprint density at radius 1 is 0.721 bits per heavy atom. The Morgan fingerprint density at radius 3 is 1.49 bits per heavy atom. The number of hydrogen-bond donors (Lipinski definition) is 0. The maximum atomic E-state index is 12.3. The zero-order valence-electron chi connectivity index (χ0n) is 41.0. The highest BCUT2D eigenvalue weighted by Crippen LogP contribution is 2.39. The lowest BCUT2D eigenvalue weighted by molar-refractivity contribution is -0.0528. The van der Waals surface area contributed by atoms with E-state index in [4.69, 9.17) is 28.3 Å². The standard InChI is InChI=1S/C19H27NO4S.C13H19BO4S.C13H20F3NO5S.CH4/c1-12(16-13(2)15(11-25-16)17(21)23-6)14-7-9-20(10-8-14)18(22)24-19(3,4)5;1-8-9(11(15)16-6)7-19-10(8)14-17-12(2,3)13(4,5)18-14;1-9(22-23(19,20)13(14,15)16)10-5-7-17(8-6-10)11(18)21-12(2,3)4;/h11,14H,1,7-10H2,2-6H3;7H,1-6H3;10H,1,5-8H2,2-4H3;1H4. The second-order valence-electron chi connectivity index (χ2n) is 19.3. The maximum absolute atomic E-state index is 12.3. The fraction of sp³-hybridized carbons (Fsp3) is 0.652. The van der Waals surface area contributed by atoms with E-state index in [1.54, 1.807) is 31.1 Å². The maximum Gasteiger partial charge on any atom is 0.534 e. The van der Waals surface area contributed by atoms with Gasteiger partial charge in [-0.15, -0.1) is 11.3 Å². The third-order valence-corrected chi connectivity index (χ3v) is 14.7. The molecule has 3 fully saturated rings. The summed E-state index contributed by atoms with van der Waals surface area (Å²) in [6.07, 6.45) is 1.41. The highest BCUT2D eigenvalue weighted by molar-refractivity contribution is 7.87. The number of ether oxygens (including phenoxy) is 4. The van der Waals surface area contributed by atoms with Crippen molar-refractivity contribution in [3.8, 4) is 0 Å². The highest BCUT2D eigenvalue weighted by Gasteiger charge is 2.53. The van der Waals surface area contributed by atoms with Gasteiger partial charge in [0, 0.05) is 52.5 Å². The van der Waals surface area contributed by atoms with Crippen molar-refractivity contribution in [2.24, 2.45) is 11.8 Å². The molecule has 3 aliphatic heterocycles. The number of amides is 2. The molecule has 5 heterocycles. The monoisotopic (exact) mass is 1020 g/mol. The number of hydrogen-bond acceptors (Lipinski definition) is 15. The minimum atomic E-state index is -5.70. The summed E-state index contributed by atoms with van der Waals surface area (Å²) in [5.74, 6) is -1.37. The van der Waals surface area contributed by atoms with E-state index in [0.29, 0.717) is 30.1 Å². The Labute approximate surface area is 408 Å². The van der Waals surface area contributed by atoms with Gasteiger partial charge in [-0.2, -0.15) is 32.9 Å². The fourth-order valence-corrected chi connectivity index (χ4v) is 9.50. The third-order valence-electron chi connectivity index (χ3n) is 11.4. The summed E-state index contributed by atoms with van der Waals surface area (Å²) in [7, 11) is -3.36. The lowest BCUT2D eigenvalue weighted by Crippen LogP contribution is -2.42. The number of halogens is 3. The highest BCUT2D eigenvalue weighted by atomic mass is 32.2. The molecular formula is C46H70BF3N2O13S3. The van der Waals surface area contributed by atoms with Crippen LogP contribution < -0.4 is 4.78 Å². The molecule has 3 aliphatic rings. The van der Waals surface area contributed by atoms with E-state index >= 15 is 0 Å². The zero-order chi connectivity index (χ0) is 51.2. The Morgan fingerprint density at radius 2 is 1.10 bits per heavy atom. The van der Waals surface area contributed by atoms with Gasteiger partial charge in [0.2, 0.25) is 0 Å². The molecule has 2 aromatic heterocycles. The number of thiophene rings is 2. The average Bonchev–Trinajstić information content (AvgIpc) is 3.86. The molecule has 0 aromatic carbocycles. The molecule has 5 rings (SSSR count). The number of nitrogens with zero attached hydrogens (tertiary/aromatic N) is 2. The van der Waals surface area contributed by atoms with Gasteiger partial charge in [-0.1, -0.05) is 20.6 Å². The minimum Gasteiger partial charge on any atom is -0.465 e. The Balaban J connectivity index is 0.000000351. The van der Waals surface area contributed by atoms with Crippen LogP contribution in [0.15, 0.2) is 29.7 Å². The number of carbonyl (C=O) groups excluding carboxylic acids is 4. The van der Waals surface area contributed by atoms with Gasteiger partial charge >= 0.3 is 46.9 Å². The molecule has 0 N–H and O–H groups in total. The molecule has 22 heteroatoms. The van der Waals surface area contributed by atoms with E-state index in [9.17, 15) is 40.8 Å². The summed E-state index contributed by atoms with van der Waals surface area (Å²) in [5, 5.41) is 3.62. The van der Waals surface area contributed by atoms with Crippen LogP contribution in [0.5, 0.6) is 0 Å². The Bertz CT molecular complexity index is 2210. The number of alkyl halides is 3. The molecule has 15 nitrogen and oxygen atoms in total. The number of likely N-dealkylation sites (tertiary alicyclic amines) is 2.